The molecular formula is C30H27F2N9O. The number of likely N-dealkylation sites (tertiary alicyclic amines) is 1. The minimum atomic E-state index is -0.748. The lowest BCUT2D eigenvalue weighted by Crippen LogP contribution is -2.36. The van der Waals surface area contributed by atoms with Crippen LogP contribution in [0.3, 0.4) is 0 Å². The van der Waals surface area contributed by atoms with E-state index in [4.69, 9.17) is 16.7 Å². The fraction of sp³-hybridized carbons (Fsp3) is 0.267. The average molecular weight is 568 g/mol. The van der Waals surface area contributed by atoms with Crippen LogP contribution in [0.5, 0.6) is 0 Å². The van der Waals surface area contributed by atoms with Gasteiger partial charge in [-0.3, -0.25) is 9.69 Å². The van der Waals surface area contributed by atoms with Gasteiger partial charge in [-0.2, -0.15) is 9.49 Å². The van der Waals surface area contributed by atoms with Crippen LogP contribution in [0.2, 0.25) is 0 Å². The summed E-state index contributed by atoms with van der Waals surface area (Å²) in [5, 5.41) is 7.52. The van der Waals surface area contributed by atoms with Gasteiger partial charge in [0.1, 0.15) is 17.3 Å². The summed E-state index contributed by atoms with van der Waals surface area (Å²) in [6.45, 7) is 12.1. The predicted octanol–water partition coefficient (Wildman–Crippen LogP) is 5.05. The summed E-state index contributed by atoms with van der Waals surface area (Å²) in [6, 6.07) is 12.6. The van der Waals surface area contributed by atoms with Gasteiger partial charge >= 0.3 is 0 Å². The zero-order chi connectivity index (χ0) is 29.2. The van der Waals surface area contributed by atoms with Crippen LogP contribution in [0.25, 0.3) is 33.1 Å². The Bertz CT molecular complexity index is 1800. The summed E-state index contributed by atoms with van der Waals surface area (Å²) in [5.41, 5.74) is 3.55. The molecule has 1 aliphatic rings. The Kier molecular flexibility index (Phi) is 7.41. The molecule has 12 heteroatoms. The largest absolute Gasteiger partial charge is 0.323 e. The van der Waals surface area contributed by atoms with Crippen molar-refractivity contribution in [2.75, 3.05) is 31.5 Å². The number of aryl methyl sites for hydroxylation is 1. The summed E-state index contributed by atoms with van der Waals surface area (Å²) in [5.74, 6) is -0.506. The van der Waals surface area contributed by atoms with Crippen molar-refractivity contribution >= 4 is 17.4 Å². The van der Waals surface area contributed by atoms with E-state index in [1.165, 1.54) is 24.4 Å². The van der Waals surface area contributed by atoms with Gasteiger partial charge in [0.2, 0.25) is 12.5 Å². The molecule has 6 rings (SSSR count). The van der Waals surface area contributed by atoms with Crippen LogP contribution in [-0.2, 0) is 0 Å². The highest BCUT2D eigenvalue weighted by Gasteiger charge is 2.28. The molecule has 0 spiro atoms. The van der Waals surface area contributed by atoms with Crippen LogP contribution in [0, 0.1) is 25.3 Å². The van der Waals surface area contributed by atoms with Crippen LogP contribution >= 0.6 is 0 Å². The standard InChI is InChI=1S/C30H27F2N9O/c1-19-35-28(20-3-5-22(31)6-4-20)29(41(19)23-10-14-39(15-11-23)16-13-33-2)24-7-8-27-36-26(18-40(27)38-24)37-30(42)21-9-12-34-25(32)17-21/h3-9,12,17-18,23H,10-11,13-16H2,1H3,(H,37,42). The molecule has 1 fully saturated rings. The number of hydrogen-bond donors (Lipinski definition) is 1. The van der Waals surface area contributed by atoms with Crippen molar-refractivity contribution < 1.29 is 13.6 Å². The van der Waals surface area contributed by atoms with E-state index in [1.54, 1.807) is 28.9 Å². The van der Waals surface area contributed by atoms with Gasteiger partial charge in [-0.25, -0.2) is 30.4 Å². The number of nitrogens with zero attached hydrogens (tertiary/aromatic N) is 8. The lowest BCUT2D eigenvalue weighted by molar-refractivity contribution is 0.102. The smallest absolute Gasteiger partial charge is 0.257 e. The molecule has 1 aromatic carbocycles. The van der Waals surface area contributed by atoms with E-state index in [0.717, 1.165) is 55.6 Å². The molecule has 0 aliphatic carbocycles. The predicted molar refractivity (Wildman–Crippen MR) is 153 cm³/mol. The van der Waals surface area contributed by atoms with E-state index in [0.29, 0.717) is 23.6 Å². The Hall–Kier alpha value is -5.02. The lowest BCUT2D eigenvalue weighted by Gasteiger charge is -2.33. The first-order valence-corrected chi connectivity index (χ1v) is 13.6. The molecule has 1 amide bonds. The molecule has 0 unspecified atom stereocenters. The van der Waals surface area contributed by atoms with Crippen LogP contribution in [0.15, 0.2) is 60.9 Å². The molecule has 1 saturated heterocycles. The van der Waals surface area contributed by atoms with Gasteiger partial charge in [0.25, 0.3) is 5.91 Å². The molecule has 42 heavy (non-hydrogen) atoms. The first kappa shape index (κ1) is 27.2. The van der Waals surface area contributed by atoms with E-state index in [-0.39, 0.29) is 23.2 Å². The summed E-state index contributed by atoms with van der Waals surface area (Å²) < 4.78 is 31.1. The molecule has 5 heterocycles. The van der Waals surface area contributed by atoms with Gasteiger partial charge in [-0.05, 0) is 62.2 Å². The number of amides is 1. The van der Waals surface area contributed by atoms with Crippen molar-refractivity contribution in [2.45, 2.75) is 25.8 Å². The first-order chi connectivity index (χ1) is 20.4. The number of carbonyl (C=O) groups excluding carboxylic acids is 1. The normalized spacial score (nSPS) is 14.2. The number of hydrogen-bond acceptors (Lipinski definition) is 6. The van der Waals surface area contributed by atoms with Gasteiger partial charge in [-0.1, -0.05) is 0 Å². The third-order valence-electron chi connectivity index (χ3n) is 7.45. The average Bonchev–Trinajstić information content (AvgIpc) is 3.56. The minimum absolute atomic E-state index is 0.122. The lowest BCUT2D eigenvalue weighted by atomic mass is 10.0. The third-order valence-corrected chi connectivity index (χ3v) is 7.45. The number of halogens is 2. The Morgan fingerprint density at radius 1 is 1.10 bits per heavy atom. The fourth-order valence-corrected chi connectivity index (χ4v) is 5.44. The third kappa shape index (κ3) is 5.46. The summed E-state index contributed by atoms with van der Waals surface area (Å²) >= 11 is 0. The van der Waals surface area contributed by atoms with Gasteiger partial charge in [0.15, 0.2) is 11.5 Å². The second-order valence-electron chi connectivity index (χ2n) is 10.2. The zero-order valence-electron chi connectivity index (χ0n) is 22.8. The molecule has 1 aliphatic heterocycles. The number of carbonyl (C=O) groups is 1. The first-order valence-electron chi connectivity index (χ1n) is 13.6. The van der Waals surface area contributed by atoms with E-state index in [2.05, 4.69) is 29.6 Å². The number of fused-ring (bicyclic) bond motifs is 1. The molecule has 0 atom stereocenters. The van der Waals surface area contributed by atoms with Crippen LogP contribution in [0.4, 0.5) is 14.6 Å². The molecule has 5 aromatic rings. The second-order valence-corrected chi connectivity index (χ2v) is 10.2. The molecular weight excluding hydrogens is 540 g/mol. The quantitative estimate of drug-likeness (QED) is 0.218. The number of benzene rings is 1. The Morgan fingerprint density at radius 2 is 1.88 bits per heavy atom. The van der Waals surface area contributed by atoms with Crippen molar-refractivity contribution in [3.05, 3.63) is 95.5 Å². The highest BCUT2D eigenvalue weighted by atomic mass is 19.1. The van der Waals surface area contributed by atoms with Crippen molar-refractivity contribution in [1.82, 2.24) is 34.0 Å². The minimum Gasteiger partial charge on any atom is -0.323 e. The summed E-state index contributed by atoms with van der Waals surface area (Å²) in [7, 11) is 0. The number of piperidine rings is 1. The molecule has 0 radical (unpaired) electrons. The highest BCUT2D eigenvalue weighted by Crippen LogP contribution is 2.37. The molecule has 0 saturated carbocycles. The number of nitrogens with one attached hydrogen (secondary N) is 1. The number of anilines is 1. The van der Waals surface area contributed by atoms with Crippen molar-refractivity contribution in [3.63, 3.8) is 0 Å². The monoisotopic (exact) mass is 567 g/mol. The maximum atomic E-state index is 13.8. The van der Waals surface area contributed by atoms with E-state index < -0.39 is 11.9 Å². The van der Waals surface area contributed by atoms with E-state index in [9.17, 15) is 13.6 Å². The zero-order valence-corrected chi connectivity index (χ0v) is 22.8. The number of imidazole rings is 2. The van der Waals surface area contributed by atoms with Gasteiger partial charge < -0.3 is 14.7 Å². The SMILES string of the molecule is [C-]#[N+]CCN1CCC(n2c(C)nc(-c3ccc(F)cc3)c2-c2ccc3nc(NC(=O)c4ccnc(F)c4)cn3n2)CC1. The topological polar surface area (TPSA) is 97.6 Å². The van der Waals surface area contributed by atoms with Crippen molar-refractivity contribution in [1.29, 1.82) is 0 Å². The summed E-state index contributed by atoms with van der Waals surface area (Å²) in [6.07, 6.45) is 4.60. The van der Waals surface area contributed by atoms with Crippen LogP contribution < -0.4 is 5.32 Å². The summed E-state index contributed by atoms with van der Waals surface area (Å²) in [4.78, 5) is 31.3. The Balaban J connectivity index is 1.36. The maximum absolute atomic E-state index is 13.8. The number of pyridine rings is 1. The van der Waals surface area contributed by atoms with Gasteiger partial charge in [-0.15, -0.1) is 0 Å². The van der Waals surface area contributed by atoms with Gasteiger partial charge in [0.05, 0.1) is 24.1 Å². The van der Waals surface area contributed by atoms with E-state index in [1.807, 2.05) is 13.0 Å². The Labute approximate surface area is 240 Å². The van der Waals surface area contributed by atoms with Crippen molar-refractivity contribution in [2.24, 2.45) is 0 Å². The second kappa shape index (κ2) is 11.5. The molecule has 1 N–H and O–H groups in total. The molecule has 10 nitrogen and oxygen atoms in total. The molecule has 0 bridgehead atoms. The Morgan fingerprint density at radius 3 is 2.62 bits per heavy atom. The molecule has 212 valence electrons. The van der Waals surface area contributed by atoms with Crippen LogP contribution in [-0.4, -0.2) is 66.1 Å². The fourth-order valence-electron chi connectivity index (χ4n) is 5.44. The number of aromatic nitrogens is 6. The molecule has 4 aromatic heterocycles. The van der Waals surface area contributed by atoms with Crippen LogP contribution in [0.1, 0.15) is 35.1 Å². The van der Waals surface area contributed by atoms with Gasteiger partial charge in [0, 0.05) is 42.5 Å². The maximum Gasteiger partial charge on any atom is 0.257 e. The van der Waals surface area contributed by atoms with Crippen molar-refractivity contribution in [3.8, 4) is 22.6 Å². The van der Waals surface area contributed by atoms with E-state index >= 15 is 0 Å². The number of rotatable bonds is 7. The highest BCUT2D eigenvalue weighted by molar-refractivity contribution is 6.03.